The standard InChI is InChI=1S/C27H33ClN4O3.C2H6/c1-4-24(35-3)26(33)29-17-9-10-23(21(28)15-17)31-11-13-32(14-12-31)25-18-7-5-6-8-22(18)30(2)27(34)20-16-19(20)25;1-2/h5-10,15,19-20,24-25H,4,11-14,16H2,1-3H3,(H,29,33);1-2H3. The second-order valence-corrected chi connectivity index (χ2v) is 10.1. The minimum atomic E-state index is -0.475. The van der Waals surface area contributed by atoms with Crippen molar-refractivity contribution in [2.75, 3.05) is 55.5 Å². The normalized spacial score (nSPS) is 23.7. The molecule has 2 heterocycles. The molecule has 2 aromatic carbocycles. The summed E-state index contributed by atoms with van der Waals surface area (Å²) in [4.78, 5) is 31.9. The average Bonchev–Trinajstić information content (AvgIpc) is 3.71. The fourth-order valence-corrected chi connectivity index (χ4v) is 6.02. The molecule has 1 aliphatic carbocycles. The van der Waals surface area contributed by atoms with Crippen molar-refractivity contribution in [3.8, 4) is 0 Å². The van der Waals surface area contributed by atoms with Gasteiger partial charge >= 0.3 is 0 Å². The molecular weight excluding hydrogens is 488 g/mol. The Balaban J connectivity index is 0.00000156. The number of halogens is 1. The quantitative estimate of drug-likeness (QED) is 0.560. The maximum atomic E-state index is 12.9. The summed E-state index contributed by atoms with van der Waals surface area (Å²) < 4.78 is 5.22. The largest absolute Gasteiger partial charge is 0.372 e. The molecule has 1 N–H and O–H groups in total. The van der Waals surface area contributed by atoms with Crippen LogP contribution in [0.5, 0.6) is 0 Å². The van der Waals surface area contributed by atoms with E-state index >= 15 is 0 Å². The molecule has 0 spiro atoms. The van der Waals surface area contributed by atoms with E-state index in [9.17, 15) is 9.59 Å². The number of carbonyl (C=O) groups excluding carboxylic acids is 2. The van der Waals surface area contributed by atoms with Crippen molar-refractivity contribution < 1.29 is 14.3 Å². The van der Waals surface area contributed by atoms with Crippen molar-refractivity contribution in [1.82, 2.24) is 4.90 Å². The van der Waals surface area contributed by atoms with Gasteiger partial charge in [0.2, 0.25) is 5.91 Å². The topological polar surface area (TPSA) is 65.1 Å². The van der Waals surface area contributed by atoms with Gasteiger partial charge in [0.05, 0.1) is 10.7 Å². The Morgan fingerprint density at radius 2 is 1.81 bits per heavy atom. The highest BCUT2D eigenvalue weighted by Gasteiger charge is 2.54. The van der Waals surface area contributed by atoms with Crippen LogP contribution in [0.2, 0.25) is 5.02 Å². The van der Waals surface area contributed by atoms with E-state index in [1.165, 1.54) is 12.7 Å². The van der Waals surface area contributed by atoms with Crippen LogP contribution >= 0.6 is 11.6 Å². The van der Waals surface area contributed by atoms with Gasteiger partial charge in [0.15, 0.2) is 0 Å². The molecule has 2 aliphatic heterocycles. The summed E-state index contributed by atoms with van der Waals surface area (Å²) in [5.41, 5.74) is 3.95. The van der Waals surface area contributed by atoms with Crippen LogP contribution < -0.4 is 15.1 Å². The van der Waals surface area contributed by atoms with Gasteiger partial charge in [0.1, 0.15) is 6.10 Å². The van der Waals surface area contributed by atoms with Crippen LogP contribution in [0, 0.1) is 11.8 Å². The first-order valence-corrected chi connectivity index (χ1v) is 13.8. The predicted octanol–water partition coefficient (Wildman–Crippen LogP) is 5.21. The number of para-hydroxylation sites is 1. The summed E-state index contributed by atoms with van der Waals surface area (Å²) >= 11 is 6.65. The molecular formula is C29H39ClN4O3. The number of fused-ring (bicyclic) bond motifs is 2. The van der Waals surface area contributed by atoms with E-state index in [1.807, 2.05) is 50.9 Å². The Bertz CT molecular complexity index is 1110. The van der Waals surface area contributed by atoms with Gasteiger partial charge in [-0.3, -0.25) is 14.5 Å². The molecule has 2 aromatic rings. The summed E-state index contributed by atoms with van der Waals surface area (Å²) in [6.07, 6.45) is 1.11. The molecule has 37 heavy (non-hydrogen) atoms. The maximum Gasteiger partial charge on any atom is 0.253 e. The van der Waals surface area contributed by atoms with Gasteiger partial charge in [-0.1, -0.05) is 50.6 Å². The number of piperazine rings is 1. The van der Waals surface area contributed by atoms with Crippen LogP contribution in [0.4, 0.5) is 17.1 Å². The Morgan fingerprint density at radius 3 is 2.46 bits per heavy atom. The maximum absolute atomic E-state index is 12.9. The van der Waals surface area contributed by atoms with Gasteiger partial charge in [-0.25, -0.2) is 0 Å². The summed E-state index contributed by atoms with van der Waals surface area (Å²) in [5.74, 6) is 0.612. The number of nitrogens with zero attached hydrogens (tertiary/aromatic N) is 3. The van der Waals surface area contributed by atoms with Gasteiger partial charge in [0.25, 0.3) is 5.91 Å². The first-order valence-electron chi connectivity index (χ1n) is 13.4. The third-order valence-electron chi connectivity index (χ3n) is 7.72. The molecule has 4 unspecified atom stereocenters. The van der Waals surface area contributed by atoms with Crippen molar-refractivity contribution in [2.45, 2.75) is 45.8 Å². The smallest absolute Gasteiger partial charge is 0.253 e. The first kappa shape index (κ1) is 27.4. The summed E-state index contributed by atoms with van der Waals surface area (Å²) in [6.45, 7) is 9.43. The molecule has 1 saturated carbocycles. The molecule has 7 nitrogen and oxygen atoms in total. The molecule has 4 atom stereocenters. The molecule has 200 valence electrons. The summed E-state index contributed by atoms with van der Waals surface area (Å²) in [6, 6.07) is 14.3. The summed E-state index contributed by atoms with van der Waals surface area (Å²) in [5, 5.41) is 3.51. The number of methoxy groups -OCH3 is 1. The molecule has 8 heteroatoms. The van der Waals surface area contributed by atoms with E-state index in [2.05, 4.69) is 33.3 Å². The molecule has 0 radical (unpaired) electrons. The fraction of sp³-hybridized carbons (Fsp3) is 0.517. The number of ether oxygens (including phenoxy) is 1. The predicted molar refractivity (Wildman–Crippen MR) is 150 cm³/mol. The lowest BCUT2D eigenvalue weighted by molar-refractivity contribution is -0.125. The Kier molecular flexibility index (Phi) is 8.78. The van der Waals surface area contributed by atoms with Crippen molar-refractivity contribution in [2.24, 2.45) is 11.8 Å². The van der Waals surface area contributed by atoms with E-state index in [-0.39, 0.29) is 23.8 Å². The number of rotatable bonds is 6. The minimum absolute atomic E-state index is 0.137. The van der Waals surface area contributed by atoms with Crippen LogP contribution in [-0.4, -0.2) is 63.2 Å². The van der Waals surface area contributed by atoms with Crippen molar-refractivity contribution >= 4 is 40.5 Å². The lowest BCUT2D eigenvalue weighted by atomic mass is 9.97. The molecule has 2 amide bonds. The molecule has 0 bridgehead atoms. The highest BCUT2D eigenvalue weighted by atomic mass is 35.5. The molecule has 1 saturated heterocycles. The number of amides is 2. The van der Waals surface area contributed by atoms with Crippen LogP contribution in [0.25, 0.3) is 0 Å². The zero-order chi connectivity index (χ0) is 26.7. The van der Waals surface area contributed by atoms with Gasteiger partial charge in [-0.15, -0.1) is 0 Å². The van der Waals surface area contributed by atoms with E-state index in [0.29, 0.717) is 23.0 Å². The van der Waals surface area contributed by atoms with Crippen LogP contribution in [-0.2, 0) is 14.3 Å². The van der Waals surface area contributed by atoms with E-state index < -0.39 is 6.10 Å². The number of hydrogen-bond donors (Lipinski definition) is 1. The SMILES string of the molecule is CC.CCC(OC)C(=O)Nc1ccc(N2CCN(C3c4ccccc4N(C)C(=O)C4CC43)CC2)c(Cl)c1. The monoisotopic (exact) mass is 526 g/mol. The number of benzene rings is 2. The van der Waals surface area contributed by atoms with Gasteiger partial charge < -0.3 is 19.9 Å². The van der Waals surface area contributed by atoms with Crippen molar-refractivity contribution in [1.29, 1.82) is 0 Å². The fourth-order valence-electron chi connectivity index (χ4n) is 5.72. The third kappa shape index (κ3) is 5.49. The minimum Gasteiger partial charge on any atom is -0.372 e. The Labute approximate surface area is 225 Å². The van der Waals surface area contributed by atoms with Crippen LogP contribution in [0.15, 0.2) is 42.5 Å². The van der Waals surface area contributed by atoms with Gasteiger partial charge in [-0.05, 0) is 48.6 Å². The van der Waals surface area contributed by atoms with Crippen LogP contribution in [0.1, 0.15) is 45.2 Å². The van der Waals surface area contributed by atoms with Crippen molar-refractivity contribution in [3.63, 3.8) is 0 Å². The third-order valence-corrected chi connectivity index (χ3v) is 8.02. The Hall–Kier alpha value is -2.61. The zero-order valence-electron chi connectivity index (χ0n) is 22.5. The lowest BCUT2D eigenvalue weighted by Crippen LogP contribution is -2.48. The first-order chi connectivity index (χ1) is 17.9. The highest BCUT2D eigenvalue weighted by molar-refractivity contribution is 6.33. The number of nitrogens with one attached hydrogen (secondary N) is 1. The number of hydrogen-bond acceptors (Lipinski definition) is 5. The zero-order valence-corrected chi connectivity index (χ0v) is 23.3. The molecule has 2 fully saturated rings. The van der Waals surface area contributed by atoms with E-state index in [0.717, 1.165) is 44.0 Å². The van der Waals surface area contributed by atoms with Crippen molar-refractivity contribution in [3.05, 3.63) is 53.1 Å². The second kappa shape index (κ2) is 11.8. The van der Waals surface area contributed by atoms with Gasteiger partial charge in [-0.2, -0.15) is 0 Å². The average molecular weight is 527 g/mol. The lowest BCUT2D eigenvalue weighted by Gasteiger charge is -2.41. The molecule has 3 aliphatic rings. The molecule has 5 rings (SSSR count). The number of anilines is 3. The highest BCUT2D eigenvalue weighted by Crippen LogP contribution is 2.55. The van der Waals surface area contributed by atoms with Crippen LogP contribution in [0.3, 0.4) is 0 Å². The number of carbonyl (C=O) groups is 2. The van der Waals surface area contributed by atoms with E-state index in [4.69, 9.17) is 16.3 Å². The van der Waals surface area contributed by atoms with Gasteiger partial charge in [0, 0.05) is 63.7 Å². The molecule has 0 aromatic heterocycles. The Morgan fingerprint density at radius 1 is 1.11 bits per heavy atom. The van der Waals surface area contributed by atoms with E-state index in [1.54, 1.807) is 6.07 Å². The summed E-state index contributed by atoms with van der Waals surface area (Å²) in [7, 11) is 3.44. The second-order valence-electron chi connectivity index (χ2n) is 9.72.